The van der Waals surface area contributed by atoms with E-state index in [2.05, 4.69) is 6.92 Å². The van der Waals surface area contributed by atoms with Crippen molar-refractivity contribution < 1.29 is 14.3 Å². The summed E-state index contributed by atoms with van der Waals surface area (Å²) in [5.41, 5.74) is -0.439. The number of cyclic esters (lactones) is 2. The molecule has 1 aliphatic carbocycles. The maximum Gasteiger partial charge on any atom is 0.320 e. The number of rotatable bonds is 2. The summed E-state index contributed by atoms with van der Waals surface area (Å²) in [6.45, 7) is 2.13. The lowest BCUT2D eigenvalue weighted by atomic mass is 9.64. The van der Waals surface area contributed by atoms with Crippen LogP contribution in [0.25, 0.3) is 0 Å². The van der Waals surface area contributed by atoms with Crippen LogP contribution >= 0.6 is 0 Å². The average molecular weight is 210 g/mol. The predicted molar refractivity (Wildman–Crippen MR) is 55.0 cm³/mol. The van der Waals surface area contributed by atoms with Gasteiger partial charge in [-0.15, -0.1) is 0 Å². The summed E-state index contributed by atoms with van der Waals surface area (Å²) in [7, 11) is 0. The van der Waals surface area contributed by atoms with Crippen molar-refractivity contribution >= 4 is 11.9 Å². The number of carbonyl (C=O) groups excluding carboxylic acids is 2. The number of hydrogen-bond donors (Lipinski definition) is 0. The first-order valence-electron chi connectivity index (χ1n) is 5.94. The molecule has 3 nitrogen and oxygen atoms in total. The summed E-state index contributed by atoms with van der Waals surface area (Å²) in [4.78, 5) is 23.0. The molecule has 0 amide bonds. The first kappa shape index (κ1) is 10.7. The standard InChI is InChI=1S/C12H18O3/c1-2-5-9-6-3-4-7-12(9)8-10(13)15-11(12)14/h9H,2-8H2,1H3. The lowest BCUT2D eigenvalue weighted by Crippen LogP contribution is -2.37. The Balaban J connectivity index is 2.21. The van der Waals surface area contributed by atoms with Gasteiger partial charge in [-0.1, -0.05) is 26.2 Å². The molecule has 84 valence electrons. The van der Waals surface area contributed by atoms with Crippen LogP contribution in [0.4, 0.5) is 0 Å². The number of esters is 2. The van der Waals surface area contributed by atoms with Crippen LogP contribution < -0.4 is 0 Å². The second-order valence-corrected chi connectivity index (χ2v) is 4.83. The summed E-state index contributed by atoms with van der Waals surface area (Å²) in [5.74, 6) is -0.191. The molecule has 2 unspecified atom stereocenters. The summed E-state index contributed by atoms with van der Waals surface area (Å²) in [6, 6.07) is 0. The Hall–Kier alpha value is -0.860. The molecule has 0 aromatic carbocycles. The zero-order chi connectivity index (χ0) is 10.9. The van der Waals surface area contributed by atoms with Gasteiger partial charge in [0.25, 0.3) is 0 Å². The molecule has 0 aromatic rings. The maximum absolute atomic E-state index is 11.8. The zero-order valence-corrected chi connectivity index (χ0v) is 9.25. The van der Waals surface area contributed by atoms with Crippen molar-refractivity contribution in [2.75, 3.05) is 0 Å². The minimum atomic E-state index is -0.439. The molecular formula is C12H18O3. The van der Waals surface area contributed by atoms with Crippen molar-refractivity contribution in [1.82, 2.24) is 0 Å². The van der Waals surface area contributed by atoms with Crippen molar-refractivity contribution in [1.29, 1.82) is 0 Å². The summed E-state index contributed by atoms with van der Waals surface area (Å²) in [6.07, 6.45) is 6.63. The van der Waals surface area contributed by atoms with Crippen LogP contribution in [0.1, 0.15) is 51.9 Å². The fourth-order valence-corrected chi connectivity index (χ4v) is 3.15. The van der Waals surface area contributed by atoms with Gasteiger partial charge >= 0.3 is 11.9 Å². The van der Waals surface area contributed by atoms with Crippen LogP contribution in [-0.4, -0.2) is 11.9 Å². The first-order chi connectivity index (χ1) is 7.19. The highest BCUT2D eigenvalue weighted by Gasteiger charge is 2.54. The minimum absolute atomic E-state index is 0.245. The molecule has 0 bridgehead atoms. The third kappa shape index (κ3) is 1.68. The van der Waals surface area contributed by atoms with E-state index < -0.39 is 5.41 Å². The Bertz CT molecular complexity index is 283. The number of carbonyl (C=O) groups is 2. The Morgan fingerprint density at radius 1 is 1.40 bits per heavy atom. The van der Waals surface area contributed by atoms with E-state index in [4.69, 9.17) is 4.74 Å². The van der Waals surface area contributed by atoms with E-state index in [9.17, 15) is 9.59 Å². The fraction of sp³-hybridized carbons (Fsp3) is 0.833. The van der Waals surface area contributed by atoms with Gasteiger partial charge in [-0.25, -0.2) is 0 Å². The monoisotopic (exact) mass is 210 g/mol. The van der Waals surface area contributed by atoms with E-state index in [1.54, 1.807) is 0 Å². The van der Waals surface area contributed by atoms with Crippen LogP contribution in [0, 0.1) is 11.3 Å². The lowest BCUT2D eigenvalue weighted by molar-refractivity contribution is -0.157. The highest BCUT2D eigenvalue weighted by molar-refractivity contribution is 5.97. The van der Waals surface area contributed by atoms with E-state index in [0.717, 1.165) is 32.1 Å². The Labute approximate surface area is 90.2 Å². The van der Waals surface area contributed by atoms with E-state index in [1.165, 1.54) is 6.42 Å². The topological polar surface area (TPSA) is 43.4 Å². The molecular weight excluding hydrogens is 192 g/mol. The molecule has 0 radical (unpaired) electrons. The molecule has 1 saturated carbocycles. The van der Waals surface area contributed by atoms with Crippen LogP contribution in [0.2, 0.25) is 0 Å². The maximum atomic E-state index is 11.8. The SMILES string of the molecule is CCCC1CCCCC12CC(=O)OC2=O. The van der Waals surface area contributed by atoms with Crippen molar-refractivity contribution in [3.05, 3.63) is 0 Å². The molecule has 3 heteroatoms. The average Bonchev–Trinajstić information content (AvgIpc) is 2.47. The van der Waals surface area contributed by atoms with Gasteiger partial charge in [0, 0.05) is 0 Å². The first-order valence-corrected chi connectivity index (χ1v) is 5.94. The Kier molecular flexibility index (Phi) is 2.81. The summed E-state index contributed by atoms with van der Waals surface area (Å²) in [5, 5.41) is 0. The summed E-state index contributed by atoms with van der Waals surface area (Å²) >= 11 is 0. The number of hydrogen-bond acceptors (Lipinski definition) is 3. The Morgan fingerprint density at radius 2 is 2.20 bits per heavy atom. The normalized spacial score (nSPS) is 35.9. The zero-order valence-electron chi connectivity index (χ0n) is 9.25. The van der Waals surface area contributed by atoms with E-state index >= 15 is 0 Å². The molecule has 2 atom stereocenters. The van der Waals surface area contributed by atoms with Crippen molar-refractivity contribution in [3.63, 3.8) is 0 Å². The molecule has 1 heterocycles. The van der Waals surface area contributed by atoms with Crippen molar-refractivity contribution in [2.45, 2.75) is 51.9 Å². The highest BCUT2D eigenvalue weighted by atomic mass is 16.6. The van der Waals surface area contributed by atoms with Gasteiger partial charge in [0.2, 0.25) is 0 Å². The van der Waals surface area contributed by atoms with Gasteiger partial charge in [0.1, 0.15) is 0 Å². The van der Waals surface area contributed by atoms with Gasteiger partial charge < -0.3 is 4.74 Å². The molecule has 2 rings (SSSR count). The van der Waals surface area contributed by atoms with Gasteiger partial charge in [-0.05, 0) is 25.2 Å². The van der Waals surface area contributed by atoms with Crippen LogP contribution in [0.15, 0.2) is 0 Å². The largest absolute Gasteiger partial charge is 0.393 e. The smallest absolute Gasteiger partial charge is 0.320 e. The van der Waals surface area contributed by atoms with Gasteiger partial charge in [-0.3, -0.25) is 9.59 Å². The lowest BCUT2D eigenvalue weighted by Gasteiger charge is -2.37. The third-order valence-electron chi connectivity index (χ3n) is 3.92. The van der Waals surface area contributed by atoms with Crippen molar-refractivity contribution in [2.24, 2.45) is 11.3 Å². The van der Waals surface area contributed by atoms with Gasteiger partial charge in [0.15, 0.2) is 0 Å². The van der Waals surface area contributed by atoms with Crippen LogP contribution in [0.3, 0.4) is 0 Å². The highest BCUT2D eigenvalue weighted by Crippen LogP contribution is 2.49. The van der Waals surface area contributed by atoms with E-state index in [0.29, 0.717) is 12.3 Å². The van der Waals surface area contributed by atoms with Crippen molar-refractivity contribution in [3.8, 4) is 0 Å². The molecule has 2 aliphatic rings. The molecule has 2 fully saturated rings. The van der Waals surface area contributed by atoms with Crippen LogP contribution in [-0.2, 0) is 14.3 Å². The molecule has 0 aromatic heterocycles. The summed E-state index contributed by atoms with van der Waals surface area (Å²) < 4.78 is 4.75. The number of ether oxygens (including phenoxy) is 1. The second-order valence-electron chi connectivity index (χ2n) is 4.83. The fourth-order valence-electron chi connectivity index (χ4n) is 3.15. The van der Waals surface area contributed by atoms with Gasteiger partial charge in [-0.2, -0.15) is 0 Å². The molecule has 1 saturated heterocycles. The van der Waals surface area contributed by atoms with E-state index in [1.807, 2.05) is 0 Å². The molecule has 1 spiro atoms. The third-order valence-corrected chi connectivity index (χ3v) is 3.92. The van der Waals surface area contributed by atoms with Gasteiger partial charge in [0.05, 0.1) is 11.8 Å². The molecule has 1 aliphatic heterocycles. The van der Waals surface area contributed by atoms with E-state index in [-0.39, 0.29) is 11.9 Å². The second kappa shape index (κ2) is 3.95. The predicted octanol–water partition coefficient (Wildman–Crippen LogP) is 2.44. The quantitative estimate of drug-likeness (QED) is 0.519. The van der Waals surface area contributed by atoms with Crippen LogP contribution in [0.5, 0.6) is 0 Å². The Morgan fingerprint density at radius 3 is 2.80 bits per heavy atom. The molecule has 15 heavy (non-hydrogen) atoms. The molecule has 0 N–H and O–H groups in total. The minimum Gasteiger partial charge on any atom is -0.393 e.